The molecule has 2 aromatic rings. The molecule has 1 aromatic heterocycles. The number of methoxy groups -OCH3 is 2. The molecular weight excluding hydrogens is 370 g/mol. The molecule has 1 saturated carbocycles. The van der Waals surface area contributed by atoms with Crippen LogP contribution in [0.4, 0.5) is 11.8 Å². The molecule has 156 valence electrons. The van der Waals surface area contributed by atoms with Crippen LogP contribution < -0.4 is 20.1 Å². The van der Waals surface area contributed by atoms with Gasteiger partial charge in [0.1, 0.15) is 5.82 Å². The fourth-order valence-electron chi connectivity index (χ4n) is 4.59. The lowest BCUT2D eigenvalue weighted by Gasteiger charge is -2.31. The molecule has 0 radical (unpaired) electrons. The average Bonchev–Trinajstić information content (AvgIpc) is 3.54. The lowest BCUT2D eigenvalue weighted by atomic mass is 10.1. The summed E-state index contributed by atoms with van der Waals surface area (Å²) in [7, 11) is 3.23. The minimum absolute atomic E-state index is 0.234. The van der Waals surface area contributed by atoms with Crippen LogP contribution in [0.25, 0.3) is 10.9 Å². The van der Waals surface area contributed by atoms with Crippen LogP contribution in [0.5, 0.6) is 11.5 Å². The van der Waals surface area contributed by atoms with Crippen molar-refractivity contribution in [1.29, 1.82) is 0 Å². The highest BCUT2D eigenvalue weighted by Gasteiger charge is 2.36. The van der Waals surface area contributed by atoms with Crippen LogP contribution in [0.3, 0.4) is 0 Å². The summed E-state index contributed by atoms with van der Waals surface area (Å²) in [6.07, 6.45) is 2.75. The average molecular weight is 399 g/mol. The van der Waals surface area contributed by atoms with Gasteiger partial charge < -0.3 is 29.7 Å². The van der Waals surface area contributed by atoms with Crippen LogP contribution in [-0.4, -0.2) is 74.5 Å². The zero-order chi connectivity index (χ0) is 20.0. The van der Waals surface area contributed by atoms with Crippen molar-refractivity contribution < 1.29 is 14.2 Å². The Morgan fingerprint density at radius 2 is 1.86 bits per heavy atom. The number of nitrogens with two attached hydrogens (primary N) is 1. The molecule has 3 heterocycles. The highest BCUT2D eigenvalue weighted by atomic mass is 16.5. The third-order valence-electron chi connectivity index (χ3n) is 6.23. The maximum atomic E-state index is 6.34. The normalized spacial score (nSPS) is 25.1. The molecule has 2 bridgehead atoms. The van der Waals surface area contributed by atoms with E-state index in [1.165, 1.54) is 19.4 Å². The summed E-state index contributed by atoms with van der Waals surface area (Å²) in [6.45, 7) is 5.66. The van der Waals surface area contributed by atoms with Gasteiger partial charge in [0, 0.05) is 43.5 Å². The summed E-state index contributed by atoms with van der Waals surface area (Å²) in [5.74, 6) is 3.73. The Kier molecular flexibility index (Phi) is 4.83. The first-order valence-corrected chi connectivity index (χ1v) is 10.4. The molecule has 1 aliphatic carbocycles. The summed E-state index contributed by atoms with van der Waals surface area (Å²) in [5, 5.41) is 0.774. The summed E-state index contributed by atoms with van der Waals surface area (Å²) in [4.78, 5) is 14.5. The van der Waals surface area contributed by atoms with Gasteiger partial charge in [0.2, 0.25) is 5.95 Å². The molecule has 0 spiro atoms. The van der Waals surface area contributed by atoms with Crippen LogP contribution in [-0.2, 0) is 4.74 Å². The van der Waals surface area contributed by atoms with Gasteiger partial charge in [-0.2, -0.15) is 4.98 Å². The van der Waals surface area contributed by atoms with E-state index in [0.717, 1.165) is 43.1 Å². The Bertz CT molecular complexity index is 904. The van der Waals surface area contributed by atoms with E-state index in [2.05, 4.69) is 14.8 Å². The smallest absolute Gasteiger partial charge is 0.228 e. The lowest BCUT2D eigenvalue weighted by molar-refractivity contribution is 0.0636. The van der Waals surface area contributed by atoms with Crippen LogP contribution >= 0.6 is 0 Å². The van der Waals surface area contributed by atoms with Gasteiger partial charge in [0.15, 0.2) is 11.5 Å². The number of aromatic nitrogens is 2. The molecule has 8 nitrogen and oxygen atoms in total. The Morgan fingerprint density at radius 3 is 2.62 bits per heavy atom. The fraction of sp³-hybridized carbons (Fsp3) is 0.619. The second-order valence-electron chi connectivity index (χ2n) is 8.50. The molecule has 2 N–H and O–H groups in total. The summed E-state index contributed by atoms with van der Waals surface area (Å²) < 4.78 is 16.8. The molecule has 2 atom stereocenters. The maximum Gasteiger partial charge on any atom is 0.228 e. The Morgan fingerprint density at radius 1 is 1.07 bits per heavy atom. The number of nitrogens with zero attached hydrogens (tertiary/aromatic N) is 4. The van der Waals surface area contributed by atoms with Gasteiger partial charge in [-0.25, -0.2) is 4.98 Å². The third-order valence-corrected chi connectivity index (χ3v) is 6.23. The van der Waals surface area contributed by atoms with E-state index >= 15 is 0 Å². The number of hydrogen-bond acceptors (Lipinski definition) is 8. The van der Waals surface area contributed by atoms with Crippen LogP contribution in [0, 0.1) is 11.8 Å². The lowest BCUT2D eigenvalue weighted by Crippen LogP contribution is -2.45. The van der Waals surface area contributed by atoms with Gasteiger partial charge in [0.05, 0.1) is 39.0 Å². The molecule has 0 unspecified atom stereocenters. The van der Waals surface area contributed by atoms with Crippen molar-refractivity contribution in [2.24, 2.45) is 11.8 Å². The molecule has 0 amide bonds. The molecule has 29 heavy (non-hydrogen) atoms. The number of rotatable bonds is 5. The van der Waals surface area contributed by atoms with E-state index in [4.69, 9.17) is 24.9 Å². The third kappa shape index (κ3) is 3.67. The number of anilines is 2. The molecule has 8 heteroatoms. The van der Waals surface area contributed by atoms with E-state index in [9.17, 15) is 0 Å². The van der Waals surface area contributed by atoms with Crippen molar-refractivity contribution in [1.82, 2.24) is 14.9 Å². The Balaban J connectivity index is 1.50. The minimum Gasteiger partial charge on any atom is -0.493 e. The summed E-state index contributed by atoms with van der Waals surface area (Å²) in [5.41, 5.74) is 7.10. The molecular formula is C21H29N5O3. The molecule has 2 saturated heterocycles. The van der Waals surface area contributed by atoms with Gasteiger partial charge in [-0.05, 0) is 24.8 Å². The number of hydrogen-bond donors (Lipinski definition) is 1. The standard InChI is InChI=1S/C21H29N5O3/c1-27-18-5-16-17(6-19(18)28-2)23-21(24-20(16)22)26-9-14-8-25(7-13-3-4-13)10-15(26)12-29-11-14/h5-6,13-15H,3-4,7-12H2,1-2H3,(H2,22,23,24)/t14-,15-/m0/s1. The fourth-order valence-corrected chi connectivity index (χ4v) is 4.59. The van der Waals surface area contributed by atoms with Gasteiger partial charge in [-0.15, -0.1) is 0 Å². The highest BCUT2D eigenvalue weighted by Crippen LogP contribution is 2.35. The van der Waals surface area contributed by atoms with Crippen molar-refractivity contribution >= 4 is 22.7 Å². The molecule has 5 rings (SSSR count). The number of ether oxygens (including phenoxy) is 3. The molecule has 3 aliphatic rings. The Hall–Kier alpha value is -2.32. The number of nitrogen functional groups attached to an aromatic ring is 1. The van der Waals surface area contributed by atoms with Crippen molar-refractivity contribution in [3.8, 4) is 11.5 Å². The van der Waals surface area contributed by atoms with Crippen LogP contribution in [0.1, 0.15) is 12.8 Å². The Labute approximate surface area is 170 Å². The SMILES string of the molecule is COc1cc2nc(N3C[C@H]4COC[C@@H]3CN(CC3CC3)C4)nc(N)c2cc1OC. The van der Waals surface area contributed by atoms with Crippen molar-refractivity contribution in [3.63, 3.8) is 0 Å². The van der Waals surface area contributed by atoms with E-state index in [0.29, 0.717) is 35.8 Å². The van der Waals surface area contributed by atoms with Gasteiger partial charge in [-0.1, -0.05) is 0 Å². The van der Waals surface area contributed by atoms with Crippen LogP contribution in [0.15, 0.2) is 12.1 Å². The topological polar surface area (TPSA) is 86.0 Å². The van der Waals surface area contributed by atoms with E-state index in [-0.39, 0.29) is 6.04 Å². The van der Waals surface area contributed by atoms with Gasteiger partial charge >= 0.3 is 0 Å². The summed E-state index contributed by atoms with van der Waals surface area (Å²) in [6, 6.07) is 3.95. The van der Waals surface area contributed by atoms with Crippen molar-refractivity contribution in [2.45, 2.75) is 18.9 Å². The molecule has 2 aliphatic heterocycles. The first-order valence-electron chi connectivity index (χ1n) is 10.4. The minimum atomic E-state index is 0.234. The van der Waals surface area contributed by atoms with E-state index in [1.807, 2.05) is 12.1 Å². The second-order valence-corrected chi connectivity index (χ2v) is 8.50. The second kappa shape index (κ2) is 7.50. The predicted molar refractivity (Wildman–Crippen MR) is 112 cm³/mol. The first-order chi connectivity index (χ1) is 14.1. The molecule has 1 aromatic carbocycles. The summed E-state index contributed by atoms with van der Waals surface area (Å²) >= 11 is 0. The van der Waals surface area contributed by atoms with Crippen LogP contribution in [0.2, 0.25) is 0 Å². The van der Waals surface area contributed by atoms with E-state index < -0.39 is 0 Å². The maximum absolute atomic E-state index is 6.34. The monoisotopic (exact) mass is 399 g/mol. The molecule has 3 fully saturated rings. The van der Waals surface area contributed by atoms with E-state index in [1.54, 1.807) is 14.2 Å². The number of fused-ring (bicyclic) bond motifs is 4. The zero-order valence-electron chi connectivity index (χ0n) is 17.1. The number of benzene rings is 1. The van der Waals surface area contributed by atoms with Gasteiger partial charge in [0.25, 0.3) is 0 Å². The largest absolute Gasteiger partial charge is 0.493 e. The highest BCUT2D eigenvalue weighted by molar-refractivity contribution is 5.91. The van der Waals surface area contributed by atoms with Crippen molar-refractivity contribution in [2.75, 3.05) is 64.2 Å². The quantitative estimate of drug-likeness (QED) is 0.814. The first kappa shape index (κ1) is 18.7. The predicted octanol–water partition coefficient (Wildman–Crippen LogP) is 1.78. The zero-order valence-corrected chi connectivity index (χ0v) is 17.1. The van der Waals surface area contributed by atoms with Gasteiger partial charge in [-0.3, -0.25) is 0 Å². The van der Waals surface area contributed by atoms with Crippen molar-refractivity contribution in [3.05, 3.63) is 12.1 Å².